The molecule has 0 aromatic heterocycles. The number of carbonyl (C=O) groups excluding carboxylic acids is 3. The highest BCUT2D eigenvalue weighted by Gasteiger charge is 2.47. The van der Waals surface area contributed by atoms with Gasteiger partial charge in [0.1, 0.15) is 0 Å². The topological polar surface area (TPSA) is 88.1 Å². The molecular weight excluding hydrogens is 352 g/mol. The zero-order valence-corrected chi connectivity index (χ0v) is 16.9. The largest absolute Gasteiger partial charge is 0.483 e. The molecule has 7 heteroatoms. The Kier molecular flexibility index (Phi) is 13.9. The van der Waals surface area contributed by atoms with Gasteiger partial charge in [0.2, 0.25) is 5.60 Å². The summed E-state index contributed by atoms with van der Waals surface area (Å²) in [5.41, 5.74) is -1.83. The quantitative estimate of drug-likeness (QED) is 0.173. The molecule has 156 valence electrons. The van der Waals surface area contributed by atoms with E-state index < -0.39 is 36.4 Å². The molecule has 0 amide bonds. The van der Waals surface area contributed by atoms with Crippen molar-refractivity contribution < 1.29 is 33.3 Å². The van der Waals surface area contributed by atoms with Gasteiger partial charge >= 0.3 is 17.9 Å². The van der Waals surface area contributed by atoms with Crippen LogP contribution in [0.3, 0.4) is 0 Å². The summed E-state index contributed by atoms with van der Waals surface area (Å²) < 4.78 is 20.8. The minimum atomic E-state index is -1.83. The SMILES string of the molecule is C=COC(CC(=O)OCCCC)(CC(=O)OCCCC)C(=O)OCCCC. The van der Waals surface area contributed by atoms with E-state index in [4.69, 9.17) is 18.9 Å². The van der Waals surface area contributed by atoms with Crippen LogP contribution in [-0.2, 0) is 33.3 Å². The van der Waals surface area contributed by atoms with Gasteiger partial charge in [0, 0.05) is 0 Å². The molecule has 0 unspecified atom stereocenters. The molecule has 0 radical (unpaired) electrons. The molecule has 0 spiro atoms. The van der Waals surface area contributed by atoms with E-state index >= 15 is 0 Å². The van der Waals surface area contributed by atoms with E-state index in [1.165, 1.54) is 0 Å². The second-order valence-electron chi connectivity index (χ2n) is 6.27. The van der Waals surface area contributed by atoms with Crippen molar-refractivity contribution in [3.63, 3.8) is 0 Å². The predicted molar refractivity (Wildman–Crippen MR) is 101 cm³/mol. The number of hydrogen-bond acceptors (Lipinski definition) is 7. The molecule has 7 nitrogen and oxygen atoms in total. The Hall–Kier alpha value is -2.05. The Bertz CT molecular complexity index is 435. The third kappa shape index (κ3) is 10.6. The molecule has 0 saturated carbocycles. The average Bonchev–Trinajstić information content (AvgIpc) is 2.62. The molecule has 0 heterocycles. The standard InChI is InChI=1S/C20H34O7/c1-5-9-12-24-17(21)15-20(27-8-4,19(23)26-14-11-7-3)16-18(22)25-13-10-6-2/h8H,4-7,9-16H2,1-3H3. The first-order chi connectivity index (χ1) is 13.0. The van der Waals surface area contributed by atoms with Crippen molar-refractivity contribution in [3.8, 4) is 0 Å². The maximum atomic E-state index is 12.7. The van der Waals surface area contributed by atoms with Crippen LogP contribution in [0.15, 0.2) is 12.8 Å². The maximum Gasteiger partial charge on any atom is 0.351 e. The number of unbranched alkanes of at least 4 members (excludes halogenated alkanes) is 3. The number of esters is 3. The van der Waals surface area contributed by atoms with Crippen molar-refractivity contribution >= 4 is 17.9 Å². The van der Waals surface area contributed by atoms with Crippen LogP contribution in [0, 0.1) is 0 Å². The molecule has 0 aromatic carbocycles. The molecule has 0 fully saturated rings. The summed E-state index contributed by atoms with van der Waals surface area (Å²) >= 11 is 0. The molecule has 0 atom stereocenters. The van der Waals surface area contributed by atoms with E-state index in [9.17, 15) is 14.4 Å². The van der Waals surface area contributed by atoms with Crippen LogP contribution in [0.4, 0.5) is 0 Å². The highest BCUT2D eigenvalue weighted by atomic mass is 16.6. The third-order valence-electron chi connectivity index (χ3n) is 3.79. The highest BCUT2D eigenvalue weighted by molar-refractivity contribution is 5.90. The number of ether oxygens (including phenoxy) is 4. The maximum absolute atomic E-state index is 12.7. The van der Waals surface area contributed by atoms with E-state index in [0.29, 0.717) is 19.3 Å². The fraction of sp³-hybridized carbons (Fsp3) is 0.750. The van der Waals surface area contributed by atoms with E-state index in [1.54, 1.807) is 0 Å². The molecule has 0 rings (SSSR count). The average molecular weight is 386 g/mol. The van der Waals surface area contributed by atoms with E-state index in [0.717, 1.165) is 25.5 Å². The minimum absolute atomic E-state index is 0.174. The van der Waals surface area contributed by atoms with Gasteiger partial charge < -0.3 is 18.9 Å². The van der Waals surface area contributed by atoms with Gasteiger partial charge in [0.05, 0.1) is 38.9 Å². The van der Waals surface area contributed by atoms with Crippen molar-refractivity contribution in [1.82, 2.24) is 0 Å². The first kappa shape index (κ1) is 24.9. The summed E-state index contributed by atoms with van der Waals surface area (Å²) in [7, 11) is 0. The van der Waals surface area contributed by atoms with Crippen molar-refractivity contribution in [2.75, 3.05) is 19.8 Å². The second-order valence-corrected chi connectivity index (χ2v) is 6.27. The second kappa shape index (κ2) is 15.1. The van der Waals surface area contributed by atoms with Crippen LogP contribution in [0.1, 0.15) is 72.1 Å². The lowest BCUT2D eigenvalue weighted by Gasteiger charge is -2.29. The summed E-state index contributed by atoms with van der Waals surface area (Å²) in [5.74, 6) is -2.08. The van der Waals surface area contributed by atoms with Crippen LogP contribution in [0.2, 0.25) is 0 Å². The molecule has 0 saturated heterocycles. The van der Waals surface area contributed by atoms with E-state index in [1.807, 2.05) is 20.8 Å². The van der Waals surface area contributed by atoms with E-state index in [-0.39, 0.29) is 19.8 Å². The molecule has 0 bridgehead atoms. The van der Waals surface area contributed by atoms with Crippen LogP contribution >= 0.6 is 0 Å². The molecule has 0 aliphatic heterocycles. The zero-order chi connectivity index (χ0) is 20.5. The van der Waals surface area contributed by atoms with Gasteiger partial charge in [0.25, 0.3) is 0 Å². The van der Waals surface area contributed by atoms with Crippen molar-refractivity contribution in [3.05, 3.63) is 12.8 Å². The molecule has 0 aliphatic carbocycles. The Balaban J connectivity index is 5.23. The normalized spacial score (nSPS) is 10.8. The van der Waals surface area contributed by atoms with Gasteiger partial charge in [-0.25, -0.2) is 4.79 Å². The smallest absolute Gasteiger partial charge is 0.351 e. The summed E-state index contributed by atoms with van der Waals surface area (Å²) in [6.07, 6.45) is 4.78. The number of carbonyl (C=O) groups is 3. The van der Waals surface area contributed by atoms with Crippen molar-refractivity contribution in [2.24, 2.45) is 0 Å². The molecule has 27 heavy (non-hydrogen) atoms. The van der Waals surface area contributed by atoms with Gasteiger partial charge in [-0.05, 0) is 19.3 Å². The van der Waals surface area contributed by atoms with Crippen molar-refractivity contribution in [1.29, 1.82) is 0 Å². The number of hydrogen-bond donors (Lipinski definition) is 0. The third-order valence-corrected chi connectivity index (χ3v) is 3.79. The van der Waals surface area contributed by atoms with E-state index in [2.05, 4.69) is 6.58 Å². The Morgan fingerprint density at radius 2 is 1.19 bits per heavy atom. The summed E-state index contributed by atoms with van der Waals surface area (Å²) in [5, 5.41) is 0. The van der Waals surface area contributed by atoms with Gasteiger partial charge in [-0.15, -0.1) is 0 Å². The van der Waals surface area contributed by atoms with Crippen LogP contribution in [0.25, 0.3) is 0 Å². The van der Waals surface area contributed by atoms with Crippen molar-refractivity contribution in [2.45, 2.75) is 77.7 Å². The fourth-order valence-electron chi connectivity index (χ4n) is 2.17. The monoisotopic (exact) mass is 386 g/mol. The molecule has 0 N–H and O–H groups in total. The highest BCUT2D eigenvalue weighted by Crippen LogP contribution is 2.25. The van der Waals surface area contributed by atoms with Gasteiger partial charge in [-0.2, -0.15) is 0 Å². The Morgan fingerprint density at radius 1 is 0.778 bits per heavy atom. The van der Waals surface area contributed by atoms with Gasteiger partial charge in [-0.3, -0.25) is 9.59 Å². The lowest BCUT2D eigenvalue weighted by Crippen LogP contribution is -2.46. The van der Waals surface area contributed by atoms with Crippen LogP contribution in [0.5, 0.6) is 0 Å². The summed E-state index contributed by atoms with van der Waals surface area (Å²) in [6.45, 7) is 10.0. The first-order valence-electron chi connectivity index (χ1n) is 9.72. The first-order valence-corrected chi connectivity index (χ1v) is 9.72. The van der Waals surface area contributed by atoms with Gasteiger partial charge in [0.15, 0.2) is 0 Å². The Morgan fingerprint density at radius 3 is 1.56 bits per heavy atom. The lowest BCUT2D eigenvalue weighted by atomic mass is 9.95. The molecule has 0 aliphatic rings. The molecular formula is C20H34O7. The Labute approximate surface area is 162 Å². The van der Waals surface area contributed by atoms with Crippen LogP contribution < -0.4 is 0 Å². The number of rotatable bonds is 16. The minimum Gasteiger partial charge on any atom is -0.483 e. The fourth-order valence-corrected chi connectivity index (χ4v) is 2.17. The molecule has 0 aromatic rings. The van der Waals surface area contributed by atoms with Gasteiger partial charge in [-0.1, -0.05) is 46.6 Å². The summed E-state index contributed by atoms with van der Waals surface area (Å²) in [4.78, 5) is 37.0. The summed E-state index contributed by atoms with van der Waals surface area (Å²) in [6, 6.07) is 0. The lowest BCUT2D eigenvalue weighted by molar-refractivity contribution is -0.179. The van der Waals surface area contributed by atoms with Crippen LogP contribution in [-0.4, -0.2) is 43.3 Å². The predicted octanol–water partition coefficient (Wildman–Crippen LogP) is 3.70. The zero-order valence-electron chi connectivity index (χ0n) is 16.9.